The number of nitrogens with zero attached hydrogens (tertiary/aromatic N) is 1. The molecule has 33 heavy (non-hydrogen) atoms. The monoisotopic (exact) mass is 502 g/mol. The molecule has 0 aliphatic heterocycles. The fourth-order valence-electron chi connectivity index (χ4n) is 2.99. The molecule has 0 saturated carbocycles. The Kier molecular flexibility index (Phi) is 6.66. The van der Waals surface area contributed by atoms with Gasteiger partial charge in [0.15, 0.2) is 0 Å². The number of nitrogens with one attached hydrogen (secondary N) is 1. The summed E-state index contributed by atoms with van der Waals surface area (Å²) in [5, 5.41) is -0.0790. The summed E-state index contributed by atoms with van der Waals surface area (Å²) in [4.78, 5) is 16.1. The van der Waals surface area contributed by atoms with Gasteiger partial charge >= 0.3 is 6.18 Å². The largest absolute Gasteiger partial charge is 0.496 e. The number of hydrogen-bond donors (Lipinski definition) is 1. The molecule has 1 heterocycles. The maximum absolute atomic E-state index is 14.4. The standard InChI is InChI=1S/C21H15ClF4N2O4S/c1-11-6-7-13(9-14(11)21(24,25)26)33(30,31)28-16-8-12(22)10-27-19(16)20(29)18-15(23)4-3-5-17(18)32-2/h3-10,28H,1-2H3. The van der Waals surface area contributed by atoms with Crippen LogP contribution in [0, 0.1) is 12.7 Å². The molecular formula is C21H15ClF4N2O4S. The molecule has 0 amide bonds. The van der Waals surface area contributed by atoms with Crippen molar-refractivity contribution >= 4 is 33.1 Å². The van der Waals surface area contributed by atoms with Gasteiger partial charge in [-0.3, -0.25) is 9.52 Å². The number of ether oxygens (including phenoxy) is 1. The number of hydrogen-bond acceptors (Lipinski definition) is 5. The summed E-state index contributed by atoms with van der Waals surface area (Å²) >= 11 is 5.88. The average Bonchev–Trinajstić information content (AvgIpc) is 2.72. The predicted molar refractivity (Wildman–Crippen MR) is 113 cm³/mol. The number of ketones is 1. The summed E-state index contributed by atoms with van der Waals surface area (Å²) in [6.45, 7) is 1.19. The second-order valence-electron chi connectivity index (χ2n) is 6.78. The number of pyridine rings is 1. The Morgan fingerprint density at radius 1 is 1.15 bits per heavy atom. The van der Waals surface area contributed by atoms with Gasteiger partial charge in [0.05, 0.1) is 28.3 Å². The van der Waals surface area contributed by atoms with Gasteiger partial charge in [-0.1, -0.05) is 23.7 Å². The number of alkyl halides is 3. The normalized spacial score (nSPS) is 11.8. The fourth-order valence-corrected chi connectivity index (χ4v) is 4.23. The Labute approximate surface area is 191 Å². The first-order valence-corrected chi connectivity index (χ1v) is 10.9. The van der Waals surface area contributed by atoms with E-state index in [2.05, 4.69) is 4.98 Å². The van der Waals surface area contributed by atoms with Crippen molar-refractivity contribution in [2.45, 2.75) is 18.0 Å². The molecule has 0 saturated heterocycles. The van der Waals surface area contributed by atoms with Crippen LogP contribution in [0.3, 0.4) is 0 Å². The highest BCUT2D eigenvalue weighted by atomic mass is 35.5. The van der Waals surface area contributed by atoms with E-state index in [0.29, 0.717) is 6.07 Å². The third-order valence-electron chi connectivity index (χ3n) is 4.56. The average molecular weight is 503 g/mol. The molecular weight excluding hydrogens is 488 g/mol. The third kappa shape index (κ3) is 5.09. The number of benzene rings is 2. The predicted octanol–water partition coefficient (Wildman–Crippen LogP) is 5.24. The number of anilines is 1. The number of methoxy groups -OCH3 is 1. The van der Waals surface area contributed by atoms with Gasteiger partial charge in [0, 0.05) is 6.20 Å². The van der Waals surface area contributed by atoms with Crippen LogP contribution < -0.4 is 9.46 Å². The number of halogens is 5. The summed E-state index contributed by atoms with van der Waals surface area (Å²) in [7, 11) is -3.41. The van der Waals surface area contributed by atoms with Crippen LogP contribution in [0.15, 0.2) is 53.6 Å². The number of aromatic nitrogens is 1. The van der Waals surface area contributed by atoms with Crippen molar-refractivity contribution in [2.24, 2.45) is 0 Å². The maximum atomic E-state index is 14.4. The molecule has 1 aromatic heterocycles. The first-order chi connectivity index (χ1) is 15.3. The zero-order chi connectivity index (χ0) is 24.6. The van der Waals surface area contributed by atoms with Gasteiger partial charge < -0.3 is 4.74 Å². The quantitative estimate of drug-likeness (QED) is 0.368. The number of aryl methyl sites for hydroxylation is 1. The molecule has 1 N–H and O–H groups in total. The van der Waals surface area contributed by atoms with Crippen molar-refractivity contribution in [3.8, 4) is 5.75 Å². The summed E-state index contributed by atoms with van der Waals surface area (Å²) in [5.74, 6) is -2.10. The minimum Gasteiger partial charge on any atom is -0.496 e. The van der Waals surface area contributed by atoms with E-state index in [1.807, 2.05) is 4.72 Å². The first kappa shape index (κ1) is 24.5. The minimum absolute atomic E-state index is 0.0790. The molecule has 0 aliphatic carbocycles. The SMILES string of the molecule is COc1cccc(F)c1C(=O)c1ncc(Cl)cc1NS(=O)(=O)c1ccc(C)c(C(F)(F)F)c1. The zero-order valence-electron chi connectivity index (χ0n) is 17.0. The Bertz CT molecular complexity index is 1340. The molecule has 0 aliphatic rings. The first-order valence-electron chi connectivity index (χ1n) is 9.08. The number of carbonyl (C=O) groups is 1. The zero-order valence-corrected chi connectivity index (χ0v) is 18.6. The van der Waals surface area contributed by atoms with Crippen LogP contribution >= 0.6 is 11.6 Å². The van der Waals surface area contributed by atoms with Gasteiger partial charge in [-0.15, -0.1) is 0 Å². The van der Waals surface area contributed by atoms with E-state index < -0.39 is 55.2 Å². The molecule has 0 atom stereocenters. The molecule has 0 spiro atoms. The lowest BCUT2D eigenvalue weighted by molar-refractivity contribution is -0.138. The van der Waals surface area contributed by atoms with Crippen LogP contribution in [0.5, 0.6) is 5.75 Å². The van der Waals surface area contributed by atoms with Gasteiger partial charge in [-0.2, -0.15) is 13.2 Å². The highest BCUT2D eigenvalue weighted by molar-refractivity contribution is 7.92. The third-order valence-corrected chi connectivity index (χ3v) is 6.13. The van der Waals surface area contributed by atoms with Gasteiger partial charge in [0.1, 0.15) is 22.8 Å². The number of carbonyl (C=O) groups excluding carboxylic acids is 1. The fraction of sp³-hybridized carbons (Fsp3) is 0.143. The van der Waals surface area contributed by atoms with Crippen LogP contribution in [-0.4, -0.2) is 26.3 Å². The van der Waals surface area contributed by atoms with Crippen molar-refractivity contribution in [3.63, 3.8) is 0 Å². The summed E-state index contributed by atoms with van der Waals surface area (Å²) in [5.41, 5.74) is -2.80. The molecule has 0 unspecified atom stereocenters. The van der Waals surface area contributed by atoms with Crippen LogP contribution in [0.4, 0.5) is 23.2 Å². The van der Waals surface area contributed by atoms with E-state index in [9.17, 15) is 30.8 Å². The Morgan fingerprint density at radius 2 is 1.85 bits per heavy atom. The van der Waals surface area contributed by atoms with E-state index in [-0.39, 0.29) is 16.3 Å². The molecule has 3 rings (SSSR count). The smallest absolute Gasteiger partial charge is 0.416 e. The highest BCUT2D eigenvalue weighted by Crippen LogP contribution is 2.34. The lowest BCUT2D eigenvalue weighted by Crippen LogP contribution is -2.19. The molecule has 174 valence electrons. The van der Waals surface area contributed by atoms with E-state index >= 15 is 0 Å². The van der Waals surface area contributed by atoms with Gasteiger partial charge in [-0.25, -0.2) is 17.8 Å². The summed E-state index contributed by atoms with van der Waals surface area (Å²) in [6.07, 6.45) is -3.75. The van der Waals surface area contributed by atoms with Crippen LogP contribution in [0.1, 0.15) is 27.2 Å². The lowest BCUT2D eigenvalue weighted by atomic mass is 10.0. The molecule has 0 radical (unpaired) electrons. The lowest BCUT2D eigenvalue weighted by Gasteiger charge is -2.15. The van der Waals surface area contributed by atoms with Crippen molar-refractivity contribution in [1.82, 2.24) is 4.98 Å². The Morgan fingerprint density at radius 3 is 2.48 bits per heavy atom. The topological polar surface area (TPSA) is 85.4 Å². The van der Waals surface area contributed by atoms with Crippen LogP contribution in [0.2, 0.25) is 5.02 Å². The van der Waals surface area contributed by atoms with Crippen molar-refractivity contribution in [2.75, 3.05) is 11.8 Å². The number of sulfonamides is 1. The molecule has 0 fully saturated rings. The van der Waals surface area contributed by atoms with E-state index in [1.54, 1.807) is 0 Å². The number of rotatable bonds is 6. The Balaban J connectivity index is 2.10. The summed E-state index contributed by atoms with van der Waals surface area (Å²) < 4.78 is 86.8. The molecule has 2 aromatic carbocycles. The molecule has 12 heteroatoms. The van der Waals surface area contributed by atoms with Gasteiger partial charge in [0.2, 0.25) is 5.78 Å². The van der Waals surface area contributed by atoms with Crippen molar-refractivity contribution < 1.29 is 35.5 Å². The second-order valence-corrected chi connectivity index (χ2v) is 8.89. The maximum Gasteiger partial charge on any atom is 0.416 e. The van der Waals surface area contributed by atoms with Gasteiger partial charge in [-0.05, 0) is 42.8 Å². The highest BCUT2D eigenvalue weighted by Gasteiger charge is 2.34. The van der Waals surface area contributed by atoms with Crippen LogP contribution in [0.25, 0.3) is 0 Å². The molecule has 0 bridgehead atoms. The van der Waals surface area contributed by atoms with Crippen molar-refractivity contribution in [3.05, 3.63) is 81.9 Å². The van der Waals surface area contributed by atoms with E-state index in [1.165, 1.54) is 26.2 Å². The Hall–Kier alpha value is -3.18. The van der Waals surface area contributed by atoms with Crippen LogP contribution in [-0.2, 0) is 16.2 Å². The van der Waals surface area contributed by atoms with Gasteiger partial charge in [0.25, 0.3) is 10.0 Å². The molecule has 6 nitrogen and oxygen atoms in total. The molecule has 3 aromatic rings. The minimum atomic E-state index is -4.78. The van der Waals surface area contributed by atoms with Crippen molar-refractivity contribution in [1.29, 1.82) is 0 Å². The second kappa shape index (κ2) is 8.99. The van der Waals surface area contributed by atoms with E-state index in [0.717, 1.165) is 30.5 Å². The van der Waals surface area contributed by atoms with E-state index in [4.69, 9.17) is 16.3 Å². The summed E-state index contributed by atoms with van der Waals surface area (Å²) in [6, 6.07) is 7.11.